The molecule has 0 nitrogen and oxygen atoms in total. The van der Waals surface area contributed by atoms with Crippen LogP contribution in [-0.2, 0) is 33.7 Å². The summed E-state index contributed by atoms with van der Waals surface area (Å²) in [4.78, 5) is 0. The zero-order chi connectivity index (χ0) is 39.5. The second-order valence-electron chi connectivity index (χ2n) is 13.9. The average Bonchev–Trinajstić information content (AvgIpc) is 3.89. The number of halogens is 2. The Morgan fingerprint density at radius 2 is 0.714 bits per heavy atom. The van der Waals surface area contributed by atoms with E-state index in [0.717, 1.165) is 22.4 Å². The van der Waals surface area contributed by atoms with Gasteiger partial charge in [0.1, 0.15) is 0 Å². The van der Waals surface area contributed by atoms with Crippen LogP contribution in [0.5, 0.6) is 0 Å². The molecule has 0 atom stereocenters. The molecule has 4 heteroatoms. The Bertz CT molecular complexity index is 1990. The maximum absolute atomic E-state index is 4.93. The summed E-state index contributed by atoms with van der Waals surface area (Å²) < 4.78 is 0. The molecule has 2 radical (unpaired) electrons. The standard InChI is InChI=1S/2C25H23.C2H6Si.2ClH.Zr/c2*1-2-3-10-19-17-24-22(20-11-6-4-7-12-20)15-16-23(25(24)18-19)21-13-8-5-9-14-21;1-3-2;;;/h2*4-9,11-18H,2-3,10H2,1H3;1-2H3;2*1H;/q2*-1;;;;+4/p-2. The molecule has 0 amide bonds. The second-order valence-corrected chi connectivity index (χ2v) is 18.7. The number of benzene rings is 6. The molecule has 0 spiro atoms. The molecule has 8 aromatic carbocycles. The van der Waals surface area contributed by atoms with Crippen LogP contribution in [0.25, 0.3) is 66.1 Å². The monoisotopic (exact) mass is 864 g/mol. The Hall–Kier alpha value is -3.78. The Morgan fingerprint density at radius 1 is 0.446 bits per heavy atom. The summed E-state index contributed by atoms with van der Waals surface area (Å²) >= 11 is -0.826. The first-order valence-electron chi connectivity index (χ1n) is 19.8. The van der Waals surface area contributed by atoms with Crippen LogP contribution in [0.1, 0.15) is 50.7 Å². The molecule has 0 aliphatic heterocycles. The van der Waals surface area contributed by atoms with Crippen molar-refractivity contribution in [1.82, 2.24) is 0 Å². The summed E-state index contributed by atoms with van der Waals surface area (Å²) in [5.41, 5.74) is 13.4. The van der Waals surface area contributed by atoms with Crippen molar-refractivity contribution < 1.29 is 20.8 Å². The van der Waals surface area contributed by atoms with E-state index in [9.17, 15) is 0 Å². The minimum atomic E-state index is -0.826. The van der Waals surface area contributed by atoms with Crippen LogP contribution in [0.4, 0.5) is 0 Å². The van der Waals surface area contributed by atoms with Crippen LogP contribution in [-0.4, -0.2) is 9.52 Å². The second kappa shape index (κ2) is 23.5. The van der Waals surface area contributed by atoms with Crippen molar-refractivity contribution in [3.05, 3.63) is 181 Å². The molecule has 0 fully saturated rings. The summed E-state index contributed by atoms with van der Waals surface area (Å²) in [6.07, 6.45) is 7.29. The van der Waals surface area contributed by atoms with Crippen LogP contribution >= 0.6 is 17.0 Å². The van der Waals surface area contributed by atoms with Crippen molar-refractivity contribution in [3.8, 4) is 44.5 Å². The average molecular weight is 867 g/mol. The molecule has 0 N–H and O–H groups in total. The first-order chi connectivity index (χ1) is 27.6. The van der Waals surface area contributed by atoms with Crippen LogP contribution in [0.3, 0.4) is 0 Å². The van der Waals surface area contributed by atoms with E-state index in [-0.39, 0.29) is 0 Å². The third kappa shape index (κ3) is 11.6. The first-order valence-corrected chi connectivity index (χ1v) is 28.1. The Labute approximate surface area is 357 Å². The predicted molar refractivity (Wildman–Crippen MR) is 247 cm³/mol. The van der Waals surface area contributed by atoms with Gasteiger partial charge >= 0.3 is 37.9 Å². The molecule has 282 valence electrons. The predicted octanol–water partition coefficient (Wildman–Crippen LogP) is 16.6. The number of hydrogen-bond donors (Lipinski definition) is 0. The van der Waals surface area contributed by atoms with E-state index in [1.165, 1.54) is 103 Å². The fraction of sp³-hybridized carbons (Fsp3) is 0.192. The van der Waals surface area contributed by atoms with Gasteiger partial charge in [-0.05, 0) is 24.0 Å². The maximum atomic E-state index is 4.93. The van der Waals surface area contributed by atoms with Crippen molar-refractivity contribution in [2.45, 2.75) is 65.5 Å². The molecule has 0 saturated heterocycles. The van der Waals surface area contributed by atoms with Gasteiger partial charge in [0.25, 0.3) is 0 Å². The molecule has 0 aliphatic rings. The van der Waals surface area contributed by atoms with Crippen LogP contribution in [0, 0.1) is 0 Å². The van der Waals surface area contributed by atoms with Crippen molar-refractivity contribution in [1.29, 1.82) is 0 Å². The third-order valence-electron chi connectivity index (χ3n) is 9.87. The van der Waals surface area contributed by atoms with E-state index in [1.807, 2.05) is 0 Å². The van der Waals surface area contributed by atoms with Gasteiger partial charge in [-0.3, -0.25) is 0 Å². The van der Waals surface area contributed by atoms with Gasteiger partial charge in [0.05, 0.1) is 0 Å². The van der Waals surface area contributed by atoms with Gasteiger partial charge in [0.2, 0.25) is 0 Å². The number of unbranched alkanes of at least 4 members (excludes halogenated alkanes) is 2. The quantitative estimate of drug-likeness (QED) is 0.0949. The fourth-order valence-electron chi connectivity index (χ4n) is 7.25. The summed E-state index contributed by atoms with van der Waals surface area (Å²) in [6.45, 7) is 8.82. The summed E-state index contributed by atoms with van der Waals surface area (Å²) in [5, 5.41) is 5.50. The van der Waals surface area contributed by atoms with E-state index >= 15 is 0 Å². The minimum absolute atomic E-state index is 0.826. The number of aryl methyl sites for hydroxylation is 2. The van der Waals surface area contributed by atoms with Gasteiger partial charge in [-0.1, -0.05) is 232 Å². The molecular weight excluding hydrogens is 815 g/mol. The van der Waals surface area contributed by atoms with Gasteiger partial charge in [0.15, 0.2) is 0 Å². The molecule has 56 heavy (non-hydrogen) atoms. The topological polar surface area (TPSA) is 0 Å². The molecule has 0 saturated carbocycles. The van der Waals surface area contributed by atoms with Crippen molar-refractivity contribution >= 4 is 48.1 Å². The van der Waals surface area contributed by atoms with Crippen molar-refractivity contribution in [3.63, 3.8) is 0 Å². The Balaban J connectivity index is 0.000000188. The van der Waals surface area contributed by atoms with Gasteiger partial charge in [-0.25, -0.2) is 0 Å². The van der Waals surface area contributed by atoms with E-state index in [1.54, 1.807) is 0 Å². The Morgan fingerprint density at radius 3 is 1.00 bits per heavy atom. The van der Waals surface area contributed by atoms with Gasteiger partial charge < -0.3 is 0 Å². The van der Waals surface area contributed by atoms with Gasteiger partial charge in [-0.15, -0.1) is 44.8 Å². The van der Waals surface area contributed by atoms with E-state index < -0.39 is 20.8 Å². The van der Waals surface area contributed by atoms with E-state index in [0.29, 0.717) is 0 Å². The molecule has 0 aromatic heterocycles. The van der Waals surface area contributed by atoms with E-state index in [2.05, 4.69) is 197 Å². The van der Waals surface area contributed by atoms with Crippen LogP contribution in [0.2, 0.25) is 13.1 Å². The fourth-order valence-corrected chi connectivity index (χ4v) is 7.25. The molecule has 8 rings (SSSR count). The number of hydrogen-bond acceptors (Lipinski definition) is 0. The van der Waals surface area contributed by atoms with Gasteiger partial charge in [-0.2, -0.15) is 12.1 Å². The summed E-state index contributed by atoms with van der Waals surface area (Å²) in [6, 6.07) is 61.6. The molecule has 0 heterocycles. The zero-order valence-electron chi connectivity index (χ0n) is 33.2. The van der Waals surface area contributed by atoms with Crippen LogP contribution < -0.4 is 0 Å². The summed E-state index contributed by atoms with van der Waals surface area (Å²) in [5.74, 6) is 0. The van der Waals surface area contributed by atoms with Crippen molar-refractivity contribution in [2.75, 3.05) is 0 Å². The normalized spacial score (nSPS) is 10.4. The van der Waals surface area contributed by atoms with Crippen molar-refractivity contribution in [2.24, 2.45) is 0 Å². The SMILES string of the molecule is CCCCc1cc2c(-c3ccccc3)ccc(-c3ccccc3)c2[cH-]1.CCCCc1cc2c(-c3ccccc3)ccc(-c3ccccc3)c2[cH-]1.C[Si]C.[Cl][Zr+2][Cl]. The molecular formula is C52H52Cl2SiZr. The number of fused-ring (bicyclic) bond motifs is 2. The van der Waals surface area contributed by atoms with Crippen LogP contribution in [0.15, 0.2) is 170 Å². The molecule has 0 aliphatic carbocycles. The van der Waals surface area contributed by atoms with Gasteiger partial charge in [0, 0.05) is 9.52 Å². The molecule has 8 aromatic rings. The molecule has 0 bridgehead atoms. The van der Waals surface area contributed by atoms with E-state index in [4.69, 9.17) is 17.0 Å². The number of rotatable bonds is 10. The Kier molecular flexibility index (Phi) is 18.2. The zero-order valence-corrected chi connectivity index (χ0v) is 38.1. The first kappa shape index (κ1) is 43.3. The summed E-state index contributed by atoms with van der Waals surface area (Å²) in [7, 11) is 11.0. The molecule has 0 unspecified atom stereocenters. The third-order valence-corrected chi connectivity index (χ3v) is 9.87.